The topological polar surface area (TPSA) is 30.9 Å². The van der Waals surface area contributed by atoms with Crippen molar-refractivity contribution < 1.29 is 18.6 Å². The molecule has 1 saturated heterocycles. The minimum Gasteiger partial charge on any atom is -0.489 e. The first-order chi connectivity index (χ1) is 21.1. The van der Waals surface area contributed by atoms with Crippen molar-refractivity contribution in [1.29, 1.82) is 0 Å². The van der Waals surface area contributed by atoms with Crippen LogP contribution in [0, 0.1) is 18.7 Å². The standard InChI is InChI=1S/C38H44FNO3/c1-26-22-31(40-20-18-29(19-21-40)38(41-2)42-3)24-35(39)36(26)37-33(28-12-8-5-9-13-28)16-14-30-23-32(15-17-34(30)37)43-25-27-10-6-4-7-11-27/h4,6-7,10-12,15,17,22-24,29,38H,5,8-9,13-14,16,18-21,25H2,1-3H3. The molecule has 4 nitrogen and oxygen atoms in total. The molecule has 43 heavy (non-hydrogen) atoms. The second kappa shape index (κ2) is 13.5. The molecule has 0 aromatic heterocycles. The second-order valence-corrected chi connectivity index (χ2v) is 12.2. The molecule has 2 aliphatic carbocycles. The maximum absolute atomic E-state index is 16.4. The number of anilines is 1. The van der Waals surface area contributed by atoms with Crippen LogP contribution in [0.3, 0.4) is 0 Å². The Kier molecular flexibility index (Phi) is 9.30. The third-order valence-corrected chi connectivity index (χ3v) is 9.50. The van der Waals surface area contributed by atoms with Gasteiger partial charge < -0.3 is 19.1 Å². The van der Waals surface area contributed by atoms with Crippen molar-refractivity contribution in [1.82, 2.24) is 0 Å². The van der Waals surface area contributed by atoms with E-state index in [4.69, 9.17) is 14.2 Å². The highest BCUT2D eigenvalue weighted by molar-refractivity contribution is 5.89. The van der Waals surface area contributed by atoms with Crippen molar-refractivity contribution in [2.45, 2.75) is 71.2 Å². The lowest BCUT2D eigenvalue weighted by Gasteiger charge is -2.36. The van der Waals surface area contributed by atoms with Gasteiger partial charge in [-0.2, -0.15) is 0 Å². The first-order valence-corrected chi connectivity index (χ1v) is 15.9. The van der Waals surface area contributed by atoms with Gasteiger partial charge in [0.05, 0.1) is 0 Å². The highest BCUT2D eigenvalue weighted by Gasteiger charge is 2.30. The number of aryl methyl sites for hydroxylation is 2. The van der Waals surface area contributed by atoms with E-state index in [0.717, 1.165) is 90.9 Å². The van der Waals surface area contributed by atoms with Gasteiger partial charge in [-0.3, -0.25) is 0 Å². The van der Waals surface area contributed by atoms with Crippen LogP contribution in [0.5, 0.6) is 5.75 Å². The summed E-state index contributed by atoms with van der Waals surface area (Å²) in [5, 5.41) is 0. The predicted molar refractivity (Wildman–Crippen MR) is 172 cm³/mol. The van der Waals surface area contributed by atoms with Crippen molar-refractivity contribution in [2.24, 2.45) is 5.92 Å². The Balaban J connectivity index is 1.32. The third kappa shape index (κ3) is 6.44. The van der Waals surface area contributed by atoms with Crippen LogP contribution in [0.4, 0.5) is 10.1 Å². The Bertz CT molecular complexity index is 1460. The number of ether oxygens (including phenoxy) is 3. The number of allylic oxidation sites excluding steroid dienone is 3. The van der Waals surface area contributed by atoms with Crippen LogP contribution in [-0.2, 0) is 22.5 Å². The first kappa shape index (κ1) is 29.7. The van der Waals surface area contributed by atoms with E-state index in [9.17, 15) is 0 Å². The average molecular weight is 582 g/mol. The number of benzene rings is 3. The number of methoxy groups -OCH3 is 2. The average Bonchev–Trinajstić information content (AvgIpc) is 3.05. The van der Waals surface area contributed by atoms with Crippen molar-refractivity contribution in [3.8, 4) is 5.75 Å². The number of piperidine rings is 1. The van der Waals surface area contributed by atoms with E-state index in [2.05, 4.69) is 54.3 Å². The number of nitrogens with zero attached hydrogens (tertiary/aromatic N) is 1. The molecule has 3 aromatic carbocycles. The van der Waals surface area contributed by atoms with Crippen molar-refractivity contribution in [3.63, 3.8) is 0 Å². The molecule has 0 radical (unpaired) electrons. The van der Waals surface area contributed by atoms with Gasteiger partial charge in [0.2, 0.25) is 0 Å². The smallest absolute Gasteiger partial charge is 0.159 e. The van der Waals surface area contributed by atoms with Crippen molar-refractivity contribution in [3.05, 3.63) is 112 Å². The van der Waals surface area contributed by atoms with Crippen LogP contribution in [0.1, 0.15) is 72.8 Å². The molecule has 5 heteroatoms. The third-order valence-electron chi connectivity index (χ3n) is 9.50. The summed E-state index contributed by atoms with van der Waals surface area (Å²) < 4.78 is 33.7. The van der Waals surface area contributed by atoms with Crippen LogP contribution >= 0.6 is 0 Å². The van der Waals surface area contributed by atoms with E-state index < -0.39 is 0 Å². The summed E-state index contributed by atoms with van der Waals surface area (Å²) in [5.41, 5.74) is 10.0. The van der Waals surface area contributed by atoms with E-state index in [1.54, 1.807) is 20.3 Å². The van der Waals surface area contributed by atoms with Crippen LogP contribution < -0.4 is 9.64 Å². The lowest BCUT2D eigenvalue weighted by molar-refractivity contribution is -0.141. The Morgan fingerprint density at radius 3 is 2.40 bits per heavy atom. The van der Waals surface area contributed by atoms with Gasteiger partial charge in [0.15, 0.2) is 6.29 Å². The van der Waals surface area contributed by atoms with Crippen LogP contribution in [-0.4, -0.2) is 33.6 Å². The molecular formula is C38H44FNO3. The van der Waals surface area contributed by atoms with E-state index >= 15 is 4.39 Å². The summed E-state index contributed by atoms with van der Waals surface area (Å²) in [4.78, 5) is 2.31. The van der Waals surface area contributed by atoms with E-state index in [-0.39, 0.29) is 12.1 Å². The van der Waals surface area contributed by atoms with Gasteiger partial charge in [0.25, 0.3) is 0 Å². The molecule has 1 heterocycles. The second-order valence-electron chi connectivity index (χ2n) is 12.2. The Morgan fingerprint density at radius 1 is 0.907 bits per heavy atom. The maximum atomic E-state index is 16.4. The van der Waals surface area contributed by atoms with Gasteiger partial charge in [0, 0.05) is 44.5 Å². The molecule has 0 spiro atoms. The summed E-state index contributed by atoms with van der Waals surface area (Å²) in [5.74, 6) is 1.08. The summed E-state index contributed by atoms with van der Waals surface area (Å²) in [6.07, 6.45) is 10.6. The van der Waals surface area contributed by atoms with Crippen LogP contribution in [0.25, 0.3) is 5.57 Å². The lowest BCUT2D eigenvalue weighted by atomic mass is 9.76. The summed E-state index contributed by atoms with van der Waals surface area (Å²) in [6, 6.07) is 20.6. The van der Waals surface area contributed by atoms with E-state index in [1.165, 1.54) is 29.6 Å². The van der Waals surface area contributed by atoms with Gasteiger partial charge in [-0.15, -0.1) is 0 Å². The number of hydrogen-bond acceptors (Lipinski definition) is 4. The minimum atomic E-state index is -0.182. The predicted octanol–water partition coefficient (Wildman–Crippen LogP) is 8.80. The Hall–Kier alpha value is -3.41. The number of hydrogen-bond donors (Lipinski definition) is 0. The maximum Gasteiger partial charge on any atom is 0.159 e. The summed E-state index contributed by atoms with van der Waals surface area (Å²) >= 11 is 0. The molecule has 0 unspecified atom stereocenters. The normalized spacial score (nSPS) is 17.7. The number of halogens is 1. The molecule has 226 valence electrons. The quantitative estimate of drug-likeness (QED) is 0.236. The van der Waals surface area contributed by atoms with E-state index in [0.29, 0.717) is 12.5 Å². The fourth-order valence-corrected chi connectivity index (χ4v) is 7.25. The fourth-order valence-electron chi connectivity index (χ4n) is 7.25. The largest absolute Gasteiger partial charge is 0.489 e. The van der Waals surface area contributed by atoms with Gasteiger partial charge in [0.1, 0.15) is 18.2 Å². The Labute approximate surface area is 256 Å². The molecule has 0 atom stereocenters. The van der Waals surface area contributed by atoms with Crippen molar-refractivity contribution in [2.75, 3.05) is 32.2 Å². The Morgan fingerprint density at radius 2 is 1.70 bits per heavy atom. The fraction of sp³-hybridized carbons (Fsp3) is 0.421. The van der Waals surface area contributed by atoms with Crippen LogP contribution in [0.15, 0.2) is 77.9 Å². The van der Waals surface area contributed by atoms with Gasteiger partial charge in [-0.25, -0.2) is 4.39 Å². The lowest BCUT2D eigenvalue weighted by Crippen LogP contribution is -2.39. The minimum absolute atomic E-state index is 0.134. The van der Waals surface area contributed by atoms with E-state index in [1.807, 2.05) is 18.2 Å². The molecule has 6 rings (SSSR count). The molecule has 3 aromatic rings. The summed E-state index contributed by atoms with van der Waals surface area (Å²) in [6.45, 7) is 4.33. The zero-order valence-corrected chi connectivity index (χ0v) is 25.8. The molecule has 0 bridgehead atoms. The van der Waals surface area contributed by atoms with Crippen molar-refractivity contribution >= 4 is 11.3 Å². The van der Waals surface area contributed by atoms with Gasteiger partial charge >= 0.3 is 0 Å². The summed E-state index contributed by atoms with van der Waals surface area (Å²) in [7, 11) is 3.40. The zero-order chi connectivity index (χ0) is 29.8. The number of rotatable bonds is 9. The molecule has 3 aliphatic rings. The molecular weight excluding hydrogens is 537 g/mol. The highest BCUT2D eigenvalue weighted by Crippen LogP contribution is 2.45. The highest BCUT2D eigenvalue weighted by atomic mass is 19.1. The first-order valence-electron chi connectivity index (χ1n) is 15.9. The van der Waals surface area contributed by atoms with Gasteiger partial charge in [-0.05, 0) is 122 Å². The molecule has 0 N–H and O–H groups in total. The molecule has 0 saturated carbocycles. The monoisotopic (exact) mass is 581 g/mol. The SMILES string of the molecule is COC(OC)C1CCN(c2cc(C)c(C3=C(C4=CCCCC4)CCc4cc(OCc5ccccc5)ccc43)c(F)c2)CC1. The molecule has 1 aliphatic heterocycles. The van der Waals surface area contributed by atoms with Crippen LogP contribution in [0.2, 0.25) is 0 Å². The molecule has 1 fully saturated rings. The molecule has 0 amide bonds. The van der Waals surface area contributed by atoms with Gasteiger partial charge in [-0.1, -0.05) is 42.5 Å². The zero-order valence-electron chi connectivity index (χ0n) is 25.8. The number of fused-ring (bicyclic) bond motifs is 1.